The van der Waals surface area contributed by atoms with E-state index in [1.165, 1.54) is 0 Å². The molecule has 0 aliphatic carbocycles. The molecule has 1 aromatic rings. The molecule has 0 saturated heterocycles. The van der Waals surface area contributed by atoms with E-state index in [0.717, 1.165) is 11.3 Å². The van der Waals surface area contributed by atoms with Gasteiger partial charge in [0.2, 0.25) is 0 Å². The van der Waals surface area contributed by atoms with Crippen LogP contribution in [0.1, 0.15) is 12.0 Å². The van der Waals surface area contributed by atoms with Gasteiger partial charge in [0.15, 0.2) is 0 Å². The first-order chi connectivity index (χ1) is 9.56. The Kier molecular flexibility index (Phi) is 8.14. The van der Waals surface area contributed by atoms with Crippen LogP contribution in [0.25, 0.3) is 0 Å². The number of aliphatic hydroxyl groups is 1. The first-order valence-electron chi connectivity index (χ1n) is 6.15. The predicted molar refractivity (Wildman–Crippen MR) is 85.7 cm³/mol. The Morgan fingerprint density at radius 1 is 1.45 bits per heavy atom. The van der Waals surface area contributed by atoms with Crippen molar-refractivity contribution in [3.63, 3.8) is 0 Å². The summed E-state index contributed by atoms with van der Waals surface area (Å²) < 4.78 is 0. The maximum absolute atomic E-state index is 11.8. The highest BCUT2D eigenvalue weighted by atomic mass is 35.5. The summed E-state index contributed by atoms with van der Waals surface area (Å²) in [5, 5.41) is 15.6. The zero-order chi connectivity index (χ0) is 15.0. The number of amides is 2. The molecule has 0 saturated carbocycles. The highest BCUT2D eigenvalue weighted by Crippen LogP contribution is 2.20. The van der Waals surface area contributed by atoms with Crippen LogP contribution in [0.4, 0.5) is 4.79 Å². The van der Waals surface area contributed by atoms with Crippen molar-refractivity contribution in [1.82, 2.24) is 10.6 Å². The first-order valence-corrected chi connectivity index (χ1v) is 8.30. The Morgan fingerprint density at radius 3 is 2.80 bits per heavy atom. The van der Waals surface area contributed by atoms with Gasteiger partial charge >= 0.3 is 6.03 Å². The molecule has 0 radical (unpaired) electrons. The van der Waals surface area contributed by atoms with E-state index in [2.05, 4.69) is 10.6 Å². The zero-order valence-electron chi connectivity index (χ0n) is 11.2. The topological polar surface area (TPSA) is 61.4 Å². The van der Waals surface area contributed by atoms with Crippen LogP contribution < -0.4 is 10.6 Å². The quantitative estimate of drug-likeness (QED) is 0.717. The van der Waals surface area contributed by atoms with Gasteiger partial charge in [-0.25, -0.2) is 4.79 Å². The van der Waals surface area contributed by atoms with Crippen LogP contribution in [0.3, 0.4) is 0 Å². The van der Waals surface area contributed by atoms with Gasteiger partial charge < -0.3 is 15.7 Å². The minimum atomic E-state index is -0.275. The fourth-order valence-electron chi connectivity index (χ4n) is 1.63. The fourth-order valence-corrected chi connectivity index (χ4v) is 2.76. The number of nitrogens with one attached hydrogen (secondary N) is 2. The predicted octanol–water partition coefficient (Wildman–Crippen LogP) is 2.91. The van der Waals surface area contributed by atoms with Crippen molar-refractivity contribution in [2.45, 2.75) is 19.0 Å². The third kappa shape index (κ3) is 6.22. The normalized spacial score (nSPS) is 12.0. The van der Waals surface area contributed by atoms with Gasteiger partial charge in [-0.05, 0) is 30.4 Å². The minimum Gasteiger partial charge on any atom is -0.396 e. The molecule has 1 unspecified atom stereocenters. The second-order valence-electron chi connectivity index (χ2n) is 4.23. The largest absolute Gasteiger partial charge is 0.396 e. The number of benzene rings is 1. The van der Waals surface area contributed by atoms with Crippen molar-refractivity contribution in [3.05, 3.63) is 33.8 Å². The van der Waals surface area contributed by atoms with Crippen molar-refractivity contribution in [3.8, 4) is 0 Å². The van der Waals surface area contributed by atoms with Crippen LogP contribution in [0, 0.1) is 0 Å². The van der Waals surface area contributed by atoms with Gasteiger partial charge in [-0.15, -0.1) is 0 Å². The van der Waals surface area contributed by atoms with E-state index in [-0.39, 0.29) is 18.7 Å². The highest BCUT2D eigenvalue weighted by Gasteiger charge is 2.11. The van der Waals surface area contributed by atoms with Crippen LogP contribution in [0.15, 0.2) is 18.2 Å². The molecule has 20 heavy (non-hydrogen) atoms. The minimum absolute atomic E-state index is 0.0457. The van der Waals surface area contributed by atoms with Crippen molar-refractivity contribution in [2.75, 3.05) is 18.6 Å². The standard InChI is InChI=1S/C13H18Cl2N2O2S/c1-20-8-11(4-5-18)17-13(19)16-7-9-2-3-10(14)6-12(9)15/h2-3,6,11,18H,4-5,7-8H2,1H3,(H2,16,17,19). The Morgan fingerprint density at radius 2 is 2.20 bits per heavy atom. The maximum Gasteiger partial charge on any atom is 0.315 e. The number of halogens is 2. The molecule has 2 amide bonds. The van der Waals surface area contributed by atoms with Crippen molar-refractivity contribution in [1.29, 1.82) is 0 Å². The van der Waals surface area contributed by atoms with Gasteiger partial charge in [0, 0.05) is 35.0 Å². The number of carbonyl (C=O) groups excluding carboxylic acids is 1. The van der Waals surface area contributed by atoms with Gasteiger partial charge in [-0.3, -0.25) is 0 Å². The summed E-state index contributed by atoms with van der Waals surface area (Å²) in [6.45, 7) is 0.376. The van der Waals surface area contributed by atoms with E-state index in [9.17, 15) is 4.79 Å². The lowest BCUT2D eigenvalue weighted by molar-refractivity contribution is 0.231. The van der Waals surface area contributed by atoms with Crippen LogP contribution >= 0.6 is 35.0 Å². The van der Waals surface area contributed by atoms with E-state index < -0.39 is 0 Å². The number of carbonyl (C=O) groups is 1. The number of hydrogen-bond acceptors (Lipinski definition) is 3. The van der Waals surface area contributed by atoms with Gasteiger partial charge in [0.25, 0.3) is 0 Å². The Balaban J connectivity index is 2.45. The molecule has 0 heterocycles. The molecule has 1 rings (SSSR count). The lowest BCUT2D eigenvalue weighted by atomic mass is 10.2. The summed E-state index contributed by atoms with van der Waals surface area (Å²) in [4.78, 5) is 11.8. The summed E-state index contributed by atoms with van der Waals surface area (Å²) >= 11 is 13.5. The number of hydrogen-bond donors (Lipinski definition) is 3. The van der Waals surface area contributed by atoms with Gasteiger partial charge in [0.1, 0.15) is 0 Å². The van der Waals surface area contributed by atoms with Gasteiger partial charge in [-0.2, -0.15) is 11.8 Å². The smallest absolute Gasteiger partial charge is 0.315 e. The molecule has 0 aromatic heterocycles. The molecular formula is C13H18Cl2N2O2S. The molecule has 3 N–H and O–H groups in total. The lowest BCUT2D eigenvalue weighted by Gasteiger charge is -2.17. The summed E-state index contributed by atoms with van der Waals surface area (Å²) in [7, 11) is 0. The van der Waals surface area contributed by atoms with Crippen molar-refractivity contribution >= 4 is 41.0 Å². The average Bonchev–Trinajstić information content (AvgIpc) is 2.38. The Labute approximate surface area is 133 Å². The third-order valence-corrected chi connectivity index (χ3v) is 3.96. The van der Waals surface area contributed by atoms with Crippen molar-refractivity contribution in [2.24, 2.45) is 0 Å². The number of rotatable bonds is 7. The molecular weight excluding hydrogens is 319 g/mol. The number of thioether (sulfide) groups is 1. The van der Waals surface area contributed by atoms with E-state index in [1.54, 1.807) is 30.0 Å². The number of aliphatic hydroxyl groups excluding tert-OH is 1. The third-order valence-electron chi connectivity index (χ3n) is 2.64. The van der Waals surface area contributed by atoms with E-state index >= 15 is 0 Å². The average molecular weight is 337 g/mol. The molecule has 0 fully saturated rings. The van der Waals surface area contributed by atoms with Crippen LogP contribution in [-0.4, -0.2) is 35.8 Å². The monoisotopic (exact) mass is 336 g/mol. The number of urea groups is 1. The Hall–Kier alpha value is -0.620. The summed E-state index contributed by atoms with van der Waals surface area (Å²) in [6.07, 6.45) is 2.49. The molecule has 0 aliphatic rings. The molecule has 0 spiro atoms. The molecule has 112 valence electrons. The molecule has 4 nitrogen and oxygen atoms in total. The molecule has 7 heteroatoms. The van der Waals surface area contributed by atoms with Gasteiger partial charge in [-0.1, -0.05) is 29.3 Å². The van der Waals surface area contributed by atoms with E-state index in [0.29, 0.717) is 23.0 Å². The molecule has 1 aromatic carbocycles. The lowest BCUT2D eigenvalue weighted by Crippen LogP contribution is -2.43. The highest BCUT2D eigenvalue weighted by molar-refractivity contribution is 7.98. The first kappa shape index (κ1) is 17.4. The molecule has 0 bridgehead atoms. The van der Waals surface area contributed by atoms with Crippen LogP contribution in [0.5, 0.6) is 0 Å². The molecule has 0 aliphatic heterocycles. The summed E-state index contributed by atoms with van der Waals surface area (Å²) in [6, 6.07) is 4.82. The maximum atomic E-state index is 11.8. The van der Waals surface area contributed by atoms with Gasteiger partial charge in [0.05, 0.1) is 0 Å². The fraction of sp³-hybridized carbons (Fsp3) is 0.462. The zero-order valence-corrected chi connectivity index (χ0v) is 13.5. The molecule has 1 atom stereocenters. The second kappa shape index (κ2) is 9.34. The van der Waals surface area contributed by atoms with E-state index in [4.69, 9.17) is 28.3 Å². The summed E-state index contributed by atoms with van der Waals surface area (Å²) in [5.41, 5.74) is 0.801. The van der Waals surface area contributed by atoms with Crippen molar-refractivity contribution < 1.29 is 9.90 Å². The van der Waals surface area contributed by atoms with Crippen LogP contribution in [-0.2, 0) is 6.54 Å². The summed E-state index contributed by atoms with van der Waals surface area (Å²) in [5.74, 6) is 0.760. The second-order valence-corrected chi connectivity index (χ2v) is 5.98. The van der Waals surface area contributed by atoms with E-state index in [1.807, 2.05) is 6.26 Å². The SMILES string of the molecule is CSCC(CCO)NC(=O)NCc1ccc(Cl)cc1Cl. The Bertz CT molecular complexity index is 440. The van der Waals surface area contributed by atoms with Crippen LogP contribution in [0.2, 0.25) is 10.0 Å².